The summed E-state index contributed by atoms with van der Waals surface area (Å²) in [5.74, 6) is 0.954. The molecule has 2 aliphatic rings. The van der Waals surface area contributed by atoms with Crippen molar-refractivity contribution in [3.8, 4) is 17.6 Å². The van der Waals surface area contributed by atoms with Crippen molar-refractivity contribution in [3.05, 3.63) is 47.5 Å². The fourth-order valence-electron chi connectivity index (χ4n) is 5.44. The van der Waals surface area contributed by atoms with Gasteiger partial charge in [0.25, 0.3) is 5.91 Å². The summed E-state index contributed by atoms with van der Waals surface area (Å²) in [5, 5.41) is 9.13. The van der Waals surface area contributed by atoms with Gasteiger partial charge in [0.1, 0.15) is 17.9 Å². The van der Waals surface area contributed by atoms with E-state index in [0.29, 0.717) is 23.6 Å². The lowest BCUT2D eigenvalue weighted by Crippen LogP contribution is -2.74. The van der Waals surface area contributed by atoms with Crippen molar-refractivity contribution in [1.82, 2.24) is 14.9 Å². The molecule has 1 aliphatic heterocycles. The van der Waals surface area contributed by atoms with Crippen LogP contribution in [0.2, 0.25) is 0 Å². The number of carbonyl (C=O) groups excluding carboxylic acids is 1. The summed E-state index contributed by atoms with van der Waals surface area (Å²) in [6.07, 6.45) is 3.12. The van der Waals surface area contributed by atoms with Crippen molar-refractivity contribution >= 4 is 5.91 Å². The van der Waals surface area contributed by atoms with Crippen LogP contribution in [-0.4, -0.2) is 40.0 Å². The number of hydrogen-bond donors (Lipinski definition) is 0. The SMILES string of the molecule is COc1cc(O[C@H]2C(C)(C)[C@H](N3Cc4ncccc4C3=O)C2(C)C)cnc1C#N. The predicted octanol–water partition coefficient (Wildman–Crippen LogP) is 3.19. The van der Waals surface area contributed by atoms with Crippen LogP contribution in [-0.2, 0) is 6.54 Å². The van der Waals surface area contributed by atoms with Gasteiger partial charge in [-0.2, -0.15) is 5.26 Å². The van der Waals surface area contributed by atoms with Crippen LogP contribution in [0.4, 0.5) is 0 Å². The second-order valence-corrected chi connectivity index (χ2v) is 8.81. The molecule has 1 fully saturated rings. The van der Waals surface area contributed by atoms with E-state index in [1.54, 1.807) is 24.5 Å². The van der Waals surface area contributed by atoms with Gasteiger partial charge in [-0.1, -0.05) is 27.7 Å². The average Bonchev–Trinajstić information content (AvgIpc) is 3.01. The maximum Gasteiger partial charge on any atom is 0.256 e. The average molecular weight is 392 g/mol. The monoisotopic (exact) mass is 392 g/mol. The Morgan fingerprint density at radius 1 is 1.24 bits per heavy atom. The first-order valence-corrected chi connectivity index (χ1v) is 9.57. The first-order chi connectivity index (χ1) is 13.7. The van der Waals surface area contributed by atoms with Gasteiger partial charge in [-0.15, -0.1) is 0 Å². The van der Waals surface area contributed by atoms with Crippen LogP contribution in [0.25, 0.3) is 0 Å². The van der Waals surface area contributed by atoms with E-state index in [2.05, 4.69) is 37.7 Å². The van der Waals surface area contributed by atoms with Gasteiger partial charge in [0.15, 0.2) is 11.4 Å². The van der Waals surface area contributed by atoms with Gasteiger partial charge in [-0.25, -0.2) is 4.98 Å². The Bertz CT molecular complexity index is 1010. The first-order valence-electron chi connectivity index (χ1n) is 9.57. The molecule has 0 N–H and O–H groups in total. The molecule has 7 nitrogen and oxygen atoms in total. The third-order valence-electron chi connectivity index (χ3n) is 6.18. The molecular weight excluding hydrogens is 368 g/mol. The Morgan fingerprint density at radius 2 is 1.97 bits per heavy atom. The largest absolute Gasteiger partial charge is 0.494 e. The van der Waals surface area contributed by atoms with E-state index in [-0.39, 0.29) is 34.6 Å². The number of aromatic nitrogens is 2. The highest BCUT2D eigenvalue weighted by molar-refractivity contribution is 5.98. The van der Waals surface area contributed by atoms with E-state index >= 15 is 0 Å². The second kappa shape index (κ2) is 6.45. The standard InChI is InChI=1S/C22H24N4O3/c1-21(2)19(26-12-16-14(18(26)27)7-6-8-24-16)22(3,4)20(21)29-13-9-17(28-5)15(10-23)25-11-13/h6-9,11,19-20H,12H2,1-5H3/t19-,20-. The molecule has 2 aromatic heterocycles. The molecule has 1 aliphatic carbocycles. The lowest BCUT2D eigenvalue weighted by Gasteiger charge is -2.65. The number of nitriles is 1. The van der Waals surface area contributed by atoms with Gasteiger partial charge in [0.2, 0.25) is 0 Å². The molecule has 0 unspecified atom stereocenters. The summed E-state index contributed by atoms with van der Waals surface area (Å²) >= 11 is 0. The smallest absolute Gasteiger partial charge is 0.256 e. The van der Waals surface area contributed by atoms with Crippen LogP contribution < -0.4 is 9.47 Å². The van der Waals surface area contributed by atoms with Crippen LogP contribution in [0, 0.1) is 22.2 Å². The van der Waals surface area contributed by atoms with E-state index in [1.807, 2.05) is 17.0 Å². The highest BCUT2D eigenvalue weighted by Gasteiger charge is 2.67. The van der Waals surface area contributed by atoms with Crippen molar-refractivity contribution in [2.45, 2.75) is 46.4 Å². The minimum absolute atomic E-state index is 0.00469. The molecule has 0 saturated heterocycles. The summed E-state index contributed by atoms with van der Waals surface area (Å²) in [7, 11) is 1.50. The Kier molecular flexibility index (Phi) is 4.26. The summed E-state index contributed by atoms with van der Waals surface area (Å²) in [6, 6.07) is 7.32. The molecule has 29 heavy (non-hydrogen) atoms. The van der Waals surface area contributed by atoms with Gasteiger partial charge >= 0.3 is 0 Å². The number of carbonyl (C=O) groups is 1. The second-order valence-electron chi connectivity index (χ2n) is 8.81. The summed E-state index contributed by atoms with van der Waals surface area (Å²) in [4.78, 5) is 23.4. The minimum atomic E-state index is -0.289. The molecule has 150 valence electrons. The Hall–Kier alpha value is -3.14. The summed E-state index contributed by atoms with van der Waals surface area (Å²) in [5.41, 5.74) is 1.15. The minimum Gasteiger partial charge on any atom is -0.494 e. The fourth-order valence-corrected chi connectivity index (χ4v) is 5.44. The first kappa shape index (κ1) is 19.2. The molecule has 0 atom stereocenters. The van der Waals surface area contributed by atoms with Crippen LogP contribution in [0.1, 0.15) is 49.4 Å². The number of fused-ring (bicyclic) bond motifs is 1. The Balaban J connectivity index is 1.60. The zero-order valence-electron chi connectivity index (χ0n) is 17.3. The number of nitrogens with zero attached hydrogens (tertiary/aromatic N) is 4. The lowest BCUT2D eigenvalue weighted by molar-refractivity contribution is -0.199. The predicted molar refractivity (Wildman–Crippen MR) is 105 cm³/mol. The van der Waals surface area contributed by atoms with Crippen LogP contribution >= 0.6 is 0 Å². The van der Waals surface area contributed by atoms with E-state index in [0.717, 1.165) is 5.69 Å². The van der Waals surface area contributed by atoms with E-state index in [4.69, 9.17) is 14.7 Å². The van der Waals surface area contributed by atoms with Crippen LogP contribution in [0.3, 0.4) is 0 Å². The fraction of sp³-hybridized carbons (Fsp3) is 0.455. The lowest BCUT2D eigenvalue weighted by atomic mass is 9.49. The number of ether oxygens (including phenoxy) is 2. The normalized spacial score (nSPS) is 23.7. The molecule has 0 radical (unpaired) electrons. The highest BCUT2D eigenvalue weighted by Crippen LogP contribution is 2.59. The Labute approximate surface area is 170 Å². The van der Waals surface area contributed by atoms with Gasteiger partial charge < -0.3 is 14.4 Å². The maximum absolute atomic E-state index is 13.0. The molecule has 7 heteroatoms. The molecule has 2 aromatic rings. The van der Waals surface area contributed by atoms with Crippen molar-refractivity contribution in [2.24, 2.45) is 10.8 Å². The van der Waals surface area contributed by atoms with Gasteiger partial charge in [-0.3, -0.25) is 9.78 Å². The molecule has 0 bridgehead atoms. The highest BCUT2D eigenvalue weighted by atomic mass is 16.5. The summed E-state index contributed by atoms with van der Waals surface area (Å²) < 4.78 is 11.6. The Morgan fingerprint density at radius 3 is 2.59 bits per heavy atom. The van der Waals surface area contributed by atoms with Crippen molar-refractivity contribution in [2.75, 3.05) is 7.11 Å². The molecule has 1 saturated carbocycles. The molecule has 4 rings (SSSR count). The van der Waals surface area contributed by atoms with Gasteiger partial charge in [0.05, 0.1) is 31.1 Å². The maximum atomic E-state index is 13.0. The van der Waals surface area contributed by atoms with Crippen molar-refractivity contribution in [3.63, 3.8) is 0 Å². The van der Waals surface area contributed by atoms with Crippen LogP contribution in [0.5, 0.6) is 11.5 Å². The van der Waals surface area contributed by atoms with E-state index in [1.165, 1.54) is 7.11 Å². The zero-order valence-corrected chi connectivity index (χ0v) is 17.3. The number of methoxy groups -OCH3 is 1. The quantitative estimate of drug-likeness (QED) is 0.794. The van der Waals surface area contributed by atoms with Crippen molar-refractivity contribution < 1.29 is 14.3 Å². The number of hydrogen-bond acceptors (Lipinski definition) is 6. The third kappa shape index (κ3) is 2.74. The van der Waals surface area contributed by atoms with Crippen molar-refractivity contribution in [1.29, 1.82) is 5.26 Å². The third-order valence-corrected chi connectivity index (χ3v) is 6.18. The molecule has 0 aromatic carbocycles. The van der Waals surface area contributed by atoms with E-state index < -0.39 is 0 Å². The van der Waals surface area contributed by atoms with E-state index in [9.17, 15) is 4.79 Å². The number of rotatable bonds is 4. The number of pyridine rings is 2. The molecule has 3 heterocycles. The number of amides is 1. The topological polar surface area (TPSA) is 88.3 Å². The molecule has 1 amide bonds. The van der Waals surface area contributed by atoms with Gasteiger partial charge in [-0.05, 0) is 12.1 Å². The molecule has 0 spiro atoms. The summed E-state index contributed by atoms with van der Waals surface area (Å²) in [6.45, 7) is 8.99. The van der Waals surface area contributed by atoms with Gasteiger partial charge in [0, 0.05) is 29.1 Å². The van der Waals surface area contributed by atoms with Crippen LogP contribution in [0.15, 0.2) is 30.6 Å². The molecular formula is C22H24N4O3. The zero-order chi connectivity index (χ0) is 21.0.